The van der Waals surface area contributed by atoms with Crippen molar-refractivity contribution in [1.82, 2.24) is 19.7 Å². The number of hydrogen-bond donors (Lipinski definition) is 0. The number of rotatable bonds is 6. The Balaban J connectivity index is 1.60. The van der Waals surface area contributed by atoms with Gasteiger partial charge in [-0.15, -0.1) is 0 Å². The minimum absolute atomic E-state index is 0.217. The third-order valence-electron chi connectivity index (χ3n) is 6.20. The first-order valence-electron chi connectivity index (χ1n) is 11.4. The van der Waals surface area contributed by atoms with Crippen molar-refractivity contribution in [3.8, 4) is 22.9 Å². The number of fused-ring (bicyclic) bond motifs is 2. The molecular weight excluding hydrogens is 479 g/mol. The molecule has 5 heterocycles. The molecule has 2 aliphatic heterocycles. The number of ether oxygens (including phenoxy) is 3. The summed E-state index contributed by atoms with van der Waals surface area (Å²) in [5, 5.41) is 3.82. The highest BCUT2D eigenvalue weighted by Crippen LogP contribution is 2.49. The van der Waals surface area contributed by atoms with E-state index in [2.05, 4.69) is 10.1 Å². The lowest BCUT2D eigenvalue weighted by Crippen LogP contribution is -2.43. The van der Waals surface area contributed by atoms with Crippen LogP contribution in [0.2, 0.25) is 0 Å². The molecule has 9 nitrogen and oxygen atoms in total. The van der Waals surface area contributed by atoms with Crippen LogP contribution in [0.1, 0.15) is 41.4 Å². The molecular formula is C24H24F3N5O4. The first-order chi connectivity index (χ1) is 17.2. The van der Waals surface area contributed by atoms with Gasteiger partial charge in [0.1, 0.15) is 12.2 Å². The van der Waals surface area contributed by atoms with Gasteiger partial charge in [0.25, 0.3) is 11.8 Å². The Morgan fingerprint density at radius 1 is 1.25 bits per heavy atom. The molecule has 0 N–H and O–H groups in total. The fourth-order valence-corrected chi connectivity index (χ4v) is 4.77. The Morgan fingerprint density at radius 3 is 2.72 bits per heavy atom. The zero-order valence-corrected chi connectivity index (χ0v) is 19.9. The maximum atomic E-state index is 13.6. The predicted molar refractivity (Wildman–Crippen MR) is 122 cm³/mol. The van der Waals surface area contributed by atoms with E-state index < -0.39 is 24.4 Å². The molecule has 0 radical (unpaired) electrons. The molecule has 3 aromatic heterocycles. The number of nitrogens with zero attached hydrogens (tertiary/aromatic N) is 5. The molecule has 5 rings (SSSR count). The quantitative estimate of drug-likeness (QED) is 0.497. The van der Waals surface area contributed by atoms with Gasteiger partial charge in [0.05, 0.1) is 43.5 Å². The summed E-state index contributed by atoms with van der Waals surface area (Å²) in [5.41, 5.74) is 1.65. The highest BCUT2D eigenvalue weighted by Gasteiger charge is 2.56. The predicted octanol–water partition coefficient (Wildman–Crippen LogP) is 4.24. The summed E-state index contributed by atoms with van der Waals surface area (Å²) in [6.07, 6.45) is 0.719. The Morgan fingerprint density at radius 2 is 2.06 bits per heavy atom. The highest BCUT2D eigenvalue weighted by molar-refractivity contribution is 6.12. The van der Waals surface area contributed by atoms with Crippen LogP contribution in [0.5, 0.6) is 11.6 Å². The van der Waals surface area contributed by atoms with E-state index in [9.17, 15) is 18.0 Å². The van der Waals surface area contributed by atoms with Crippen molar-refractivity contribution < 1.29 is 32.2 Å². The summed E-state index contributed by atoms with van der Waals surface area (Å²) in [4.78, 5) is 24.2. The van der Waals surface area contributed by atoms with Crippen LogP contribution in [0.3, 0.4) is 0 Å². The number of aryl methyl sites for hydroxylation is 1. The van der Waals surface area contributed by atoms with Crippen LogP contribution in [0, 0.1) is 6.92 Å². The van der Waals surface area contributed by atoms with Crippen molar-refractivity contribution in [2.45, 2.75) is 45.1 Å². The molecule has 2 aliphatic rings. The Labute approximate surface area is 204 Å². The number of methoxy groups -OCH3 is 1. The Hall–Kier alpha value is -3.67. The summed E-state index contributed by atoms with van der Waals surface area (Å²) in [6, 6.07) is 3.52. The molecule has 3 aromatic rings. The molecule has 1 amide bonds. The molecule has 0 unspecified atom stereocenters. The second kappa shape index (κ2) is 8.77. The SMILES string of the molecule is CCOc1ncc(-c2cc(C)c3c(n2)[C@]2(CCCO2)N(c2cnn(CC(F)(F)F)c2)C3=O)cc1OC. The van der Waals surface area contributed by atoms with E-state index >= 15 is 0 Å². The van der Waals surface area contributed by atoms with E-state index in [1.165, 1.54) is 24.4 Å². The lowest BCUT2D eigenvalue weighted by Gasteiger charge is -2.33. The summed E-state index contributed by atoms with van der Waals surface area (Å²) in [5.74, 6) is 0.405. The maximum absolute atomic E-state index is 13.6. The van der Waals surface area contributed by atoms with Gasteiger partial charge in [-0.05, 0) is 38.0 Å². The largest absolute Gasteiger partial charge is 0.491 e. The molecule has 0 aliphatic carbocycles. The fourth-order valence-electron chi connectivity index (χ4n) is 4.77. The smallest absolute Gasteiger partial charge is 0.408 e. The number of pyridine rings is 2. The van der Waals surface area contributed by atoms with E-state index in [1.807, 2.05) is 6.92 Å². The van der Waals surface area contributed by atoms with E-state index in [4.69, 9.17) is 19.2 Å². The second-order valence-electron chi connectivity index (χ2n) is 8.60. The topological polar surface area (TPSA) is 91.6 Å². The van der Waals surface area contributed by atoms with Crippen molar-refractivity contribution >= 4 is 11.6 Å². The summed E-state index contributed by atoms with van der Waals surface area (Å²) in [6.45, 7) is 3.18. The molecule has 0 bridgehead atoms. The number of halogens is 3. The summed E-state index contributed by atoms with van der Waals surface area (Å²) >= 11 is 0. The minimum Gasteiger partial charge on any atom is -0.491 e. The molecule has 36 heavy (non-hydrogen) atoms. The summed E-state index contributed by atoms with van der Waals surface area (Å²) < 4.78 is 56.5. The van der Waals surface area contributed by atoms with Crippen molar-refractivity contribution in [1.29, 1.82) is 0 Å². The van der Waals surface area contributed by atoms with Gasteiger partial charge in [-0.1, -0.05) is 0 Å². The van der Waals surface area contributed by atoms with Crippen LogP contribution in [-0.2, 0) is 17.0 Å². The lowest BCUT2D eigenvalue weighted by molar-refractivity contribution is -0.142. The van der Waals surface area contributed by atoms with Gasteiger partial charge in [-0.2, -0.15) is 18.3 Å². The van der Waals surface area contributed by atoms with Crippen molar-refractivity contribution in [3.05, 3.63) is 47.5 Å². The molecule has 190 valence electrons. The number of aromatic nitrogens is 4. The molecule has 0 saturated carbocycles. The molecule has 1 atom stereocenters. The van der Waals surface area contributed by atoms with Crippen LogP contribution < -0.4 is 14.4 Å². The van der Waals surface area contributed by atoms with Crippen LogP contribution in [0.15, 0.2) is 30.7 Å². The van der Waals surface area contributed by atoms with Crippen LogP contribution in [0.4, 0.5) is 18.9 Å². The van der Waals surface area contributed by atoms with Gasteiger partial charge >= 0.3 is 6.18 Å². The first-order valence-corrected chi connectivity index (χ1v) is 11.4. The lowest BCUT2D eigenvalue weighted by atomic mass is 9.99. The van der Waals surface area contributed by atoms with Gasteiger partial charge < -0.3 is 14.2 Å². The standard InChI is InChI=1S/C24H24F3N5O4/c1-4-35-21-18(34-3)9-15(10-28-21)17-8-14(2)19-20(30-17)23(6-5-7-36-23)32(22(19)33)16-11-29-31(12-16)13-24(25,26)27/h8-12H,4-7,13H2,1-3H3/t23-/m1/s1. The Kier molecular flexibility index (Phi) is 5.86. The van der Waals surface area contributed by atoms with Gasteiger partial charge in [0, 0.05) is 24.4 Å². The molecule has 1 spiro atoms. The second-order valence-corrected chi connectivity index (χ2v) is 8.60. The average molecular weight is 503 g/mol. The molecule has 1 fully saturated rings. The Bertz CT molecular complexity index is 1320. The number of carbonyl (C=O) groups excluding carboxylic acids is 1. The molecule has 1 saturated heterocycles. The van der Waals surface area contributed by atoms with Crippen molar-refractivity contribution in [3.63, 3.8) is 0 Å². The normalized spacial score (nSPS) is 19.3. The number of anilines is 1. The van der Waals surface area contributed by atoms with E-state index in [1.54, 1.807) is 25.3 Å². The monoisotopic (exact) mass is 503 g/mol. The van der Waals surface area contributed by atoms with Crippen LogP contribution in [-0.4, -0.2) is 52.2 Å². The zero-order valence-electron chi connectivity index (χ0n) is 19.9. The van der Waals surface area contributed by atoms with Gasteiger partial charge in [0.15, 0.2) is 11.5 Å². The fraction of sp³-hybridized carbons (Fsp3) is 0.417. The van der Waals surface area contributed by atoms with E-state index in [-0.39, 0.29) is 5.69 Å². The van der Waals surface area contributed by atoms with Crippen molar-refractivity contribution in [2.75, 3.05) is 25.2 Å². The minimum atomic E-state index is -4.44. The maximum Gasteiger partial charge on any atom is 0.408 e. The third-order valence-corrected chi connectivity index (χ3v) is 6.20. The number of carbonyl (C=O) groups is 1. The summed E-state index contributed by atoms with van der Waals surface area (Å²) in [7, 11) is 1.52. The number of alkyl halides is 3. The van der Waals surface area contributed by atoms with Crippen molar-refractivity contribution in [2.24, 2.45) is 0 Å². The highest BCUT2D eigenvalue weighted by atomic mass is 19.4. The van der Waals surface area contributed by atoms with Gasteiger partial charge in [-0.25, -0.2) is 9.97 Å². The molecule has 12 heteroatoms. The van der Waals surface area contributed by atoms with Gasteiger partial charge in [-0.3, -0.25) is 14.4 Å². The number of amides is 1. The average Bonchev–Trinajstić information content (AvgIpc) is 3.53. The van der Waals surface area contributed by atoms with Crippen LogP contribution in [0.25, 0.3) is 11.3 Å². The van der Waals surface area contributed by atoms with Gasteiger partial charge in [0.2, 0.25) is 0 Å². The molecule has 0 aromatic carbocycles. The van der Waals surface area contributed by atoms with E-state index in [0.717, 1.165) is 4.68 Å². The zero-order chi connectivity index (χ0) is 25.7. The third kappa shape index (κ3) is 3.94. The first kappa shape index (κ1) is 24.0. The van der Waals surface area contributed by atoms with E-state index in [0.29, 0.717) is 65.8 Å². The number of hydrogen-bond acceptors (Lipinski definition) is 7. The van der Waals surface area contributed by atoms with Crippen LogP contribution >= 0.6 is 0 Å².